The molecule has 0 aliphatic rings. The van der Waals surface area contributed by atoms with Crippen LogP contribution in [-0.4, -0.2) is 37.4 Å². The van der Waals surface area contributed by atoms with E-state index in [2.05, 4.69) is 21.3 Å². The largest absolute Gasteiger partial charge is 0.376 e. The lowest BCUT2D eigenvalue weighted by molar-refractivity contribution is -0.114. The summed E-state index contributed by atoms with van der Waals surface area (Å²) in [4.78, 5) is 36.1. The lowest BCUT2D eigenvalue weighted by Crippen LogP contribution is -2.25. The lowest BCUT2D eigenvalue weighted by Gasteiger charge is -2.10. The molecule has 0 aliphatic carbocycles. The highest BCUT2D eigenvalue weighted by Gasteiger charge is 2.08. The fourth-order valence-corrected chi connectivity index (χ4v) is 2.50. The summed E-state index contributed by atoms with van der Waals surface area (Å²) in [5.74, 6) is -0.582. The molecule has 148 valence electrons. The number of amides is 3. The van der Waals surface area contributed by atoms with Crippen LogP contribution in [0.2, 0.25) is 0 Å². The van der Waals surface area contributed by atoms with Crippen molar-refractivity contribution in [3.8, 4) is 0 Å². The Labute approximate surface area is 164 Å². The third-order valence-corrected chi connectivity index (χ3v) is 3.86. The van der Waals surface area contributed by atoms with Crippen LogP contribution in [0.25, 0.3) is 0 Å². The van der Waals surface area contributed by atoms with Crippen molar-refractivity contribution in [3.63, 3.8) is 0 Å². The van der Waals surface area contributed by atoms with Crippen LogP contribution in [0.4, 0.5) is 11.4 Å². The predicted molar refractivity (Wildman–Crippen MR) is 111 cm³/mol. The molecule has 0 radical (unpaired) electrons. The molecule has 0 spiro atoms. The molecule has 2 aromatic carbocycles. The number of hydrogen-bond acceptors (Lipinski definition) is 4. The van der Waals surface area contributed by atoms with Gasteiger partial charge in [-0.05, 0) is 49.7 Å². The number of carbonyl (C=O) groups is 3. The maximum Gasteiger partial charge on any atom is 0.251 e. The molecule has 7 heteroatoms. The summed E-state index contributed by atoms with van der Waals surface area (Å²) in [5, 5.41) is 11.3. The first-order valence-corrected chi connectivity index (χ1v) is 9.33. The molecule has 2 rings (SSSR count). The molecule has 0 unspecified atom stereocenters. The molecule has 2 aromatic rings. The zero-order chi connectivity index (χ0) is 20.4. The first-order valence-electron chi connectivity index (χ1n) is 9.33. The van der Waals surface area contributed by atoms with Gasteiger partial charge in [0.05, 0.1) is 6.54 Å². The summed E-state index contributed by atoms with van der Waals surface area (Å²) < 4.78 is 0. The zero-order valence-electron chi connectivity index (χ0n) is 16.2. The van der Waals surface area contributed by atoms with Crippen molar-refractivity contribution < 1.29 is 14.4 Å². The number of anilines is 2. The molecule has 7 nitrogen and oxygen atoms in total. The minimum Gasteiger partial charge on any atom is -0.376 e. The van der Waals surface area contributed by atoms with Gasteiger partial charge in [-0.1, -0.05) is 19.1 Å². The molecule has 0 aliphatic heterocycles. The van der Waals surface area contributed by atoms with Gasteiger partial charge in [-0.15, -0.1) is 0 Å². The van der Waals surface area contributed by atoms with Crippen LogP contribution in [0.15, 0.2) is 48.5 Å². The van der Waals surface area contributed by atoms with Crippen molar-refractivity contribution in [2.24, 2.45) is 0 Å². The van der Waals surface area contributed by atoms with Crippen LogP contribution in [-0.2, 0) is 4.79 Å². The van der Waals surface area contributed by atoms with Gasteiger partial charge in [0, 0.05) is 35.6 Å². The maximum absolute atomic E-state index is 12.2. The Bertz CT molecular complexity index is 836. The van der Waals surface area contributed by atoms with Gasteiger partial charge in [-0.25, -0.2) is 0 Å². The van der Waals surface area contributed by atoms with E-state index in [0.717, 1.165) is 6.42 Å². The lowest BCUT2D eigenvalue weighted by atomic mass is 10.2. The Morgan fingerprint density at radius 2 is 1.43 bits per heavy atom. The standard InChI is InChI=1S/C21H26N4O3/c1-3-11-23-21(28)16-8-6-10-18(13-16)25-19(26)14-24-17-9-5-7-15(12-17)20(27)22-4-2/h5-10,12-13,24H,3-4,11,14H2,1-2H3,(H,22,27)(H,23,28)(H,25,26). The molecular formula is C21H26N4O3. The third-order valence-electron chi connectivity index (χ3n) is 3.86. The second-order valence-corrected chi connectivity index (χ2v) is 6.18. The fourth-order valence-electron chi connectivity index (χ4n) is 2.50. The number of benzene rings is 2. The van der Waals surface area contributed by atoms with Crippen molar-refractivity contribution in [1.82, 2.24) is 10.6 Å². The smallest absolute Gasteiger partial charge is 0.251 e. The van der Waals surface area contributed by atoms with E-state index in [1.165, 1.54) is 0 Å². The van der Waals surface area contributed by atoms with Crippen molar-refractivity contribution in [3.05, 3.63) is 59.7 Å². The number of nitrogens with one attached hydrogen (secondary N) is 4. The fraction of sp³-hybridized carbons (Fsp3) is 0.286. The maximum atomic E-state index is 12.2. The molecule has 0 saturated carbocycles. The Morgan fingerprint density at radius 3 is 2.07 bits per heavy atom. The molecular weight excluding hydrogens is 356 g/mol. The van der Waals surface area contributed by atoms with E-state index in [4.69, 9.17) is 0 Å². The summed E-state index contributed by atoms with van der Waals surface area (Å²) in [5.41, 5.74) is 2.24. The number of carbonyl (C=O) groups excluding carboxylic acids is 3. The Kier molecular flexibility index (Phi) is 8.02. The van der Waals surface area contributed by atoms with E-state index >= 15 is 0 Å². The minimum absolute atomic E-state index is 0.0328. The average Bonchev–Trinajstić information content (AvgIpc) is 2.71. The SMILES string of the molecule is CCCNC(=O)c1cccc(NC(=O)CNc2cccc(C(=O)NCC)c2)c1. The number of hydrogen-bond donors (Lipinski definition) is 4. The molecule has 0 aromatic heterocycles. The third kappa shape index (κ3) is 6.42. The Hall–Kier alpha value is -3.35. The van der Waals surface area contributed by atoms with Crippen LogP contribution in [0.3, 0.4) is 0 Å². The Morgan fingerprint density at radius 1 is 0.821 bits per heavy atom. The molecule has 0 atom stereocenters. The molecule has 0 heterocycles. The number of rotatable bonds is 9. The second kappa shape index (κ2) is 10.7. The van der Waals surface area contributed by atoms with E-state index in [1.54, 1.807) is 48.5 Å². The molecule has 3 amide bonds. The first-order chi connectivity index (χ1) is 13.5. The van der Waals surface area contributed by atoms with E-state index in [1.807, 2.05) is 13.8 Å². The van der Waals surface area contributed by atoms with E-state index in [9.17, 15) is 14.4 Å². The topological polar surface area (TPSA) is 99.3 Å². The molecule has 4 N–H and O–H groups in total. The van der Waals surface area contributed by atoms with Crippen LogP contribution in [0.1, 0.15) is 41.0 Å². The van der Waals surface area contributed by atoms with Crippen LogP contribution >= 0.6 is 0 Å². The zero-order valence-corrected chi connectivity index (χ0v) is 16.2. The summed E-state index contributed by atoms with van der Waals surface area (Å²) >= 11 is 0. The highest BCUT2D eigenvalue weighted by atomic mass is 16.2. The van der Waals surface area contributed by atoms with Gasteiger partial charge in [0.25, 0.3) is 11.8 Å². The predicted octanol–water partition coefficient (Wildman–Crippen LogP) is 2.63. The summed E-state index contributed by atoms with van der Waals surface area (Å²) in [6.45, 7) is 5.02. The van der Waals surface area contributed by atoms with E-state index in [-0.39, 0.29) is 24.3 Å². The van der Waals surface area contributed by atoms with Crippen LogP contribution < -0.4 is 21.3 Å². The summed E-state index contributed by atoms with van der Waals surface area (Å²) in [7, 11) is 0. The van der Waals surface area contributed by atoms with Crippen molar-refractivity contribution in [2.75, 3.05) is 30.3 Å². The van der Waals surface area contributed by atoms with Crippen LogP contribution in [0, 0.1) is 0 Å². The van der Waals surface area contributed by atoms with Crippen molar-refractivity contribution >= 4 is 29.1 Å². The van der Waals surface area contributed by atoms with Crippen LogP contribution in [0.5, 0.6) is 0 Å². The summed E-state index contributed by atoms with van der Waals surface area (Å²) in [6.07, 6.45) is 0.856. The molecule has 28 heavy (non-hydrogen) atoms. The molecule has 0 fully saturated rings. The van der Waals surface area contributed by atoms with Gasteiger partial charge in [0.15, 0.2) is 0 Å². The van der Waals surface area contributed by atoms with Crippen molar-refractivity contribution in [2.45, 2.75) is 20.3 Å². The van der Waals surface area contributed by atoms with Gasteiger partial charge < -0.3 is 21.3 Å². The highest BCUT2D eigenvalue weighted by molar-refractivity contribution is 5.98. The first kappa shape index (κ1) is 21.0. The minimum atomic E-state index is -0.255. The quantitative estimate of drug-likeness (QED) is 0.536. The average molecular weight is 382 g/mol. The van der Waals surface area contributed by atoms with Gasteiger partial charge in [0.2, 0.25) is 5.91 Å². The molecule has 0 bridgehead atoms. The highest BCUT2D eigenvalue weighted by Crippen LogP contribution is 2.12. The second-order valence-electron chi connectivity index (χ2n) is 6.18. The van der Waals surface area contributed by atoms with E-state index in [0.29, 0.717) is 35.6 Å². The Balaban J connectivity index is 1.92. The monoisotopic (exact) mass is 382 g/mol. The normalized spacial score (nSPS) is 10.1. The van der Waals surface area contributed by atoms with Gasteiger partial charge in [-0.3, -0.25) is 14.4 Å². The molecule has 0 saturated heterocycles. The summed E-state index contributed by atoms with van der Waals surface area (Å²) in [6, 6.07) is 13.7. The van der Waals surface area contributed by atoms with Gasteiger partial charge in [-0.2, -0.15) is 0 Å². The van der Waals surface area contributed by atoms with Crippen molar-refractivity contribution in [1.29, 1.82) is 0 Å². The van der Waals surface area contributed by atoms with Gasteiger partial charge in [0.1, 0.15) is 0 Å². The van der Waals surface area contributed by atoms with E-state index < -0.39 is 0 Å². The van der Waals surface area contributed by atoms with Gasteiger partial charge >= 0.3 is 0 Å².